The molecular formula is C21H19N3O3S. The van der Waals surface area contributed by atoms with Gasteiger partial charge in [-0.15, -0.1) is 11.3 Å². The van der Waals surface area contributed by atoms with E-state index in [-0.39, 0.29) is 11.8 Å². The lowest BCUT2D eigenvalue weighted by molar-refractivity contribution is -0.116. The monoisotopic (exact) mass is 393 g/mol. The van der Waals surface area contributed by atoms with Gasteiger partial charge in [0.25, 0.3) is 5.91 Å². The van der Waals surface area contributed by atoms with Gasteiger partial charge in [-0.3, -0.25) is 9.59 Å². The van der Waals surface area contributed by atoms with Gasteiger partial charge < -0.3 is 15.4 Å². The molecule has 0 unspecified atom stereocenters. The van der Waals surface area contributed by atoms with Gasteiger partial charge in [-0.1, -0.05) is 30.3 Å². The van der Waals surface area contributed by atoms with Crippen LogP contribution in [0.3, 0.4) is 0 Å². The minimum atomic E-state index is -0.213. The Bertz CT molecular complexity index is 1000. The van der Waals surface area contributed by atoms with Crippen molar-refractivity contribution in [3.05, 3.63) is 65.2 Å². The summed E-state index contributed by atoms with van der Waals surface area (Å²) < 4.78 is 5.71. The minimum absolute atomic E-state index is 0.0429. The standard InChI is InChI=1S/C21H19N3O3S/c25-19-9-6-15-12-16(7-8-17(15)23-19)27-11-10-22-20(26)18-13-28-21(24-18)14-4-2-1-3-5-14/h1-5,7-8,12-13H,6,9-11H2,(H,22,26)(H,23,25). The number of ether oxygens (including phenoxy) is 1. The van der Waals surface area contributed by atoms with Crippen molar-refractivity contribution in [1.29, 1.82) is 0 Å². The summed E-state index contributed by atoms with van der Waals surface area (Å²) in [6, 6.07) is 15.4. The molecule has 0 atom stereocenters. The second-order valence-electron chi connectivity index (χ2n) is 6.38. The van der Waals surface area contributed by atoms with E-state index < -0.39 is 0 Å². The lowest BCUT2D eigenvalue weighted by atomic mass is 10.0. The van der Waals surface area contributed by atoms with Gasteiger partial charge in [0.1, 0.15) is 23.1 Å². The van der Waals surface area contributed by atoms with Gasteiger partial charge in [-0.05, 0) is 30.2 Å². The molecule has 0 saturated carbocycles. The molecule has 0 aliphatic carbocycles. The second kappa shape index (κ2) is 8.22. The van der Waals surface area contributed by atoms with Crippen molar-refractivity contribution >= 4 is 28.8 Å². The molecule has 1 aliphatic heterocycles. The van der Waals surface area contributed by atoms with Crippen LogP contribution in [0, 0.1) is 0 Å². The van der Waals surface area contributed by atoms with Crippen LogP contribution in [-0.4, -0.2) is 29.9 Å². The summed E-state index contributed by atoms with van der Waals surface area (Å²) in [7, 11) is 0. The highest BCUT2D eigenvalue weighted by Gasteiger charge is 2.15. The van der Waals surface area contributed by atoms with Crippen LogP contribution in [0.5, 0.6) is 5.75 Å². The number of nitrogens with one attached hydrogen (secondary N) is 2. The molecule has 3 aromatic rings. The first-order valence-electron chi connectivity index (χ1n) is 9.04. The van der Waals surface area contributed by atoms with Gasteiger partial charge in [0.15, 0.2) is 0 Å². The predicted molar refractivity (Wildman–Crippen MR) is 109 cm³/mol. The number of fused-ring (bicyclic) bond motifs is 1. The fraction of sp³-hybridized carbons (Fsp3) is 0.190. The first-order chi connectivity index (χ1) is 13.7. The van der Waals surface area contributed by atoms with E-state index in [0.717, 1.165) is 27.6 Å². The Kier molecular flexibility index (Phi) is 5.34. The summed E-state index contributed by atoms with van der Waals surface area (Å²) in [4.78, 5) is 28.1. The summed E-state index contributed by atoms with van der Waals surface area (Å²) in [6.45, 7) is 0.734. The Labute approximate surface area is 166 Å². The molecule has 0 bridgehead atoms. The molecule has 1 aromatic heterocycles. The normalized spacial score (nSPS) is 12.8. The molecule has 0 spiro atoms. The summed E-state index contributed by atoms with van der Waals surface area (Å²) in [5.74, 6) is 0.556. The number of carbonyl (C=O) groups excluding carboxylic acids is 2. The van der Waals surface area contributed by atoms with E-state index in [4.69, 9.17) is 4.74 Å². The van der Waals surface area contributed by atoms with Crippen LogP contribution < -0.4 is 15.4 Å². The number of thiazole rings is 1. The Morgan fingerprint density at radius 2 is 2.04 bits per heavy atom. The Hall–Kier alpha value is -3.19. The smallest absolute Gasteiger partial charge is 0.270 e. The van der Waals surface area contributed by atoms with Crippen molar-refractivity contribution in [2.24, 2.45) is 0 Å². The third kappa shape index (κ3) is 4.20. The highest BCUT2D eigenvalue weighted by molar-refractivity contribution is 7.13. The van der Waals surface area contributed by atoms with Crippen LogP contribution in [0.25, 0.3) is 10.6 Å². The Morgan fingerprint density at radius 1 is 1.18 bits per heavy atom. The Balaban J connectivity index is 1.27. The van der Waals surface area contributed by atoms with Gasteiger partial charge in [0.2, 0.25) is 5.91 Å². The van der Waals surface area contributed by atoms with Crippen molar-refractivity contribution in [3.63, 3.8) is 0 Å². The molecule has 4 rings (SSSR count). The molecule has 0 saturated heterocycles. The average molecular weight is 393 g/mol. The van der Waals surface area contributed by atoms with Gasteiger partial charge in [-0.25, -0.2) is 4.98 Å². The summed E-state index contributed by atoms with van der Waals surface area (Å²) in [5, 5.41) is 8.25. The van der Waals surface area contributed by atoms with E-state index in [9.17, 15) is 9.59 Å². The maximum Gasteiger partial charge on any atom is 0.270 e. The van der Waals surface area contributed by atoms with Crippen LogP contribution in [0.2, 0.25) is 0 Å². The molecule has 1 aliphatic rings. The molecule has 2 aromatic carbocycles. The molecule has 2 heterocycles. The number of hydrogen-bond donors (Lipinski definition) is 2. The maximum atomic E-state index is 12.3. The van der Waals surface area contributed by atoms with Crippen LogP contribution in [-0.2, 0) is 11.2 Å². The third-order valence-electron chi connectivity index (χ3n) is 4.39. The number of rotatable bonds is 6. The first-order valence-corrected chi connectivity index (χ1v) is 9.92. The molecule has 142 valence electrons. The third-order valence-corrected chi connectivity index (χ3v) is 5.28. The van der Waals surface area contributed by atoms with Crippen LogP contribution >= 0.6 is 11.3 Å². The molecule has 6 nitrogen and oxygen atoms in total. The highest BCUT2D eigenvalue weighted by Crippen LogP contribution is 2.27. The van der Waals surface area contributed by atoms with E-state index in [0.29, 0.717) is 31.7 Å². The molecule has 2 amide bonds. The molecular weight excluding hydrogens is 374 g/mol. The molecule has 0 fully saturated rings. The van der Waals surface area contributed by atoms with Crippen molar-refractivity contribution in [2.75, 3.05) is 18.5 Å². The lowest BCUT2D eigenvalue weighted by Gasteiger charge is -2.17. The highest BCUT2D eigenvalue weighted by atomic mass is 32.1. The largest absolute Gasteiger partial charge is 0.492 e. The maximum absolute atomic E-state index is 12.3. The van der Waals surface area contributed by atoms with Crippen LogP contribution in [0.1, 0.15) is 22.5 Å². The van der Waals surface area contributed by atoms with Crippen molar-refractivity contribution in [2.45, 2.75) is 12.8 Å². The summed E-state index contributed by atoms with van der Waals surface area (Å²) in [5.41, 5.74) is 3.32. The molecule has 28 heavy (non-hydrogen) atoms. The van der Waals surface area contributed by atoms with Crippen molar-refractivity contribution in [1.82, 2.24) is 10.3 Å². The van der Waals surface area contributed by atoms with E-state index in [1.165, 1.54) is 11.3 Å². The van der Waals surface area contributed by atoms with Crippen LogP contribution in [0.4, 0.5) is 5.69 Å². The fourth-order valence-electron chi connectivity index (χ4n) is 2.96. The summed E-state index contributed by atoms with van der Waals surface area (Å²) >= 11 is 1.45. The molecule has 2 N–H and O–H groups in total. The Morgan fingerprint density at radius 3 is 2.89 bits per heavy atom. The molecule has 0 radical (unpaired) electrons. The summed E-state index contributed by atoms with van der Waals surface area (Å²) in [6.07, 6.45) is 1.20. The fourth-order valence-corrected chi connectivity index (χ4v) is 3.77. The van der Waals surface area contributed by atoms with Gasteiger partial charge in [0.05, 0.1) is 6.54 Å². The first kappa shape index (κ1) is 18.2. The minimum Gasteiger partial charge on any atom is -0.492 e. The van der Waals surface area contributed by atoms with Crippen molar-refractivity contribution < 1.29 is 14.3 Å². The van der Waals surface area contributed by atoms with E-state index in [1.54, 1.807) is 5.38 Å². The van der Waals surface area contributed by atoms with Gasteiger partial charge in [0, 0.05) is 23.1 Å². The van der Waals surface area contributed by atoms with E-state index in [2.05, 4.69) is 15.6 Å². The van der Waals surface area contributed by atoms with Gasteiger partial charge in [-0.2, -0.15) is 0 Å². The zero-order valence-corrected chi connectivity index (χ0v) is 15.9. The number of nitrogens with zero attached hydrogens (tertiary/aromatic N) is 1. The lowest BCUT2D eigenvalue weighted by Crippen LogP contribution is -2.28. The average Bonchev–Trinajstić information content (AvgIpc) is 3.22. The SMILES string of the molecule is O=C1CCc2cc(OCCNC(=O)c3csc(-c4ccccc4)n3)ccc2N1. The van der Waals surface area contributed by atoms with Crippen molar-refractivity contribution in [3.8, 4) is 16.3 Å². The number of amides is 2. The number of carbonyl (C=O) groups is 2. The predicted octanol–water partition coefficient (Wildman–Crippen LogP) is 3.50. The van der Waals surface area contributed by atoms with Crippen LogP contribution in [0.15, 0.2) is 53.9 Å². The topological polar surface area (TPSA) is 80.3 Å². The van der Waals surface area contributed by atoms with E-state index >= 15 is 0 Å². The zero-order valence-electron chi connectivity index (χ0n) is 15.1. The van der Waals surface area contributed by atoms with Gasteiger partial charge >= 0.3 is 0 Å². The number of aromatic nitrogens is 1. The number of anilines is 1. The molecule has 7 heteroatoms. The number of benzene rings is 2. The quantitative estimate of drug-likeness (QED) is 0.628. The second-order valence-corrected chi connectivity index (χ2v) is 7.23. The number of aryl methyl sites for hydroxylation is 1. The number of hydrogen-bond acceptors (Lipinski definition) is 5. The zero-order chi connectivity index (χ0) is 19.3. The van der Waals surface area contributed by atoms with E-state index in [1.807, 2.05) is 48.5 Å².